The second-order valence-corrected chi connectivity index (χ2v) is 8.31. The number of fused-ring (bicyclic) bond motifs is 1. The molecular formula is C24H28N4O2. The monoisotopic (exact) mass is 404 g/mol. The number of carbonyl (C=O) groups is 1. The first-order chi connectivity index (χ1) is 14.7. The molecule has 0 spiro atoms. The lowest BCUT2D eigenvalue weighted by Gasteiger charge is -2.31. The summed E-state index contributed by atoms with van der Waals surface area (Å²) in [4.78, 5) is 25.5. The van der Waals surface area contributed by atoms with Crippen LogP contribution < -0.4 is 0 Å². The van der Waals surface area contributed by atoms with Crippen molar-refractivity contribution in [3.8, 4) is 0 Å². The maximum absolute atomic E-state index is 13.4. The fourth-order valence-electron chi connectivity index (χ4n) is 4.77. The Bertz CT molecular complexity index is 1020. The van der Waals surface area contributed by atoms with Crippen LogP contribution in [0.25, 0.3) is 0 Å². The second-order valence-electron chi connectivity index (χ2n) is 8.31. The fourth-order valence-corrected chi connectivity index (χ4v) is 4.77. The molecule has 1 fully saturated rings. The van der Waals surface area contributed by atoms with Crippen LogP contribution in [0.2, 0.25) is 0 Å². The topological polar surface area (TPSA) is 65.4 Å². The van der Waals surface area contributed by atoms with E-state index in [0.717, 1.165) is 48.8 Å². The third kappa shape index (κ3) is 3.56. The van der Waals surface area contributed by atoms with Gasteiger partial charge in [-0.3, -0.25) is 9.69 Å². The quantitative estimate of drug-likeness (QED) is 0.699. The lowest BCUT2D eigenvalue weighted by Crippen LogP contribution is -2.38. The third-order valence-electron chi connectivity index (χ3n) is 6.34. The van der Waals surface area contributed by atoms with E-state index < -0.39 is 0 Å². The fraction of sp³-hybridized carbons (Fsp3) is 0.417. The summed E-state index contributed by atoms with van der Waals surface area (Å²) >= 11 is 0. The van der Waals surface area contributed by atoms with Crippen molar-refractivity contribution >= 4 is 5.91 Å². The Morgan fingerprint density at radius 1 is 1.23 bits per heavy atom. The maximum atomic E-state index is 13.4. The Morgan fingerprint density at radius 2 is 2.03 bits per heavy atom. The number of imidazole rings is 1. The summed E-state index contributed by atoms with van der Waals surface area (Å²) in [5.74, 6) is 1.41. The number of rotatable bonds is 5. The number of amides is 1. The molecule has 1 saturated heterocycles. The Kier molecular flexibility index (Phi) is 5.17. The van der Waals surface area contributed by atoms with E-state index in [1.54, 1.807) is 6.33 Å². The van der Waals surface area contributed by atoms with Gasteiger partial charge in [-0.2, -0.15) is 0 Å². The molecule has 3 aromatic rings. The van der Waals surface area contributed by atoms with Crippen LogP contribution in [0, 0.1) is 0 Å². The lowest BCUT2D eigenvalue weighted by atomic mass is 9.91. The lowest BCUT2D eigenvalue weighted by molar-refractivity contribution is 0.0687. The van der Waals surface area contributed by atoms with Gasteiger partial charge in [0.1, 0.15) is 5.76 Å². The van der Waals surface area contributed by atoms with E-state index in [-0.39, 0.29) is 11.8 Å². The number of aromatic nitrogens is 2. The standard InChI is InChI=1S/C24H28N4O2/c1-2-21-18(13-27-10-6-7-11-27)12-22(30-21)24(29)28-14-19(17-8-4-3-5-9-17)23-20(15-28)25-16-26-23/h3-5,8-9,12,16,19H,2,6-7,10-11,13-15H2,1H3,(H,25,26). The predicted octanol–water partition coefficient (Wildman–Crippen LogP) is 3.95. The van der Waals surface area contributed by atoms with E-state index in [1.165, 1.54) is 18.4 Å². The van der Waals surface area contributed by atoms with E-state index in [4.69, 9.17) is 4.42 Å². The van der Waals surface area contributed by atoms with Crippen LogP contribution in [0.15, 0.2) is 47.1 Å². The summed E-state index contributed by atoms with van der Waals surface area (Å²) in [5.41, 5.74) is 4.37. The molecule has 2 aliphatic heterocycles. The Labute approximate surface area is 176 Å². The number of likely N-dealkylation sites (tertiary alicyclic amines) is 1. The molecule has 2 aliphatic rings. The molecule has 1 unspecified atom stereocenters. The van der Waals surface area contributed by atoms with Crippen molar-refractivity contribution in [3.63, 3.8) is 0 Å². The average molecular weight is 405 g/mol. The number of aryl methyl sites for hydroxylation is 1. The van der Waals surface area contributed by atoms with Gasteiger partial charge in [-0.15, -0.1) is 0 Å². The zero-order chi connectivity index (χ0) is 20.5. The molecule has 2 aromatic heterocycles. The van der Waals surface area contributed by atoms with Crippen molar-refractivity contribution in [1.82, 2.24) is 19.8 Å². The molecule has 1 atom stereocenters. The minimum absolute atomic E-state index is 0.0430. The van der Waals surface area contributed by atoms with Crippen LogP contribution in [-0.2, 0) is 19.5 Å². The largest absolute Gasteiger partial charge is 0.456 e. The van der Waals surface area contributed by atoms with E-state index in [9.17, 15) is 4.79 Å². The summed E-state index contributed by atoms with van der Waals surface area (Å²) in [7, 11) is 0. The van der Waals surface area contributed by atoms with Crippen molar-refractivity contribution in [2.75, 3.05) is 19.6 Å². The first-order valence-corrected chi connectivity index (χ1v) is 10.9. The van der Waals surface area contributed by atoms with E-state index in [1.807, 2.05) is 29.2 Å². The van der Waals surface area contributed by atoms with Gasteiger partial charge in [0.05, 0.1) is 24.3 Å². The summed E-state index contributed by atoms with van der Waals surface area (Å²) in [6.45, 7) is 6.35. The van der Waals surface area contributed by atoms with E-state index >= 15 is 0 Å². The highest BCUT2D eigenvalue weighted by Crippen LogP contribution is 2.32. The molecule has 6 heteroatoms. The van der Waals surface area contributed by atoms with Crippen molar-refractivity contribution in [1.29, 1.82) is 0 Å². The summed E-state index contributed by atoms with van der Waals surface area (Å²) < 4.78 is 6.06. The van der Waals surface area contributed by atoms with Gasteiger partial charge in [0.25, 0.3) is 5.91 Å². The van der Waals surface area contributed by atoms with Crippen LogP contribution in [-0.4, -0.2) is 45.3 Å². The number of hydrogen-bond acceptors (Lipinski definition) is 4. The molecule has 1 aromatic carbocycles. The molecule has 5 rings (SSSR count). The minimum Gasteiger partial charge on any atom is -0.456 e. The highest BCUT2D eigenvalue weighted by Gasteiger charge is 2.33. The molecule has 156 valence electrons. The summed E-state index contributed by atoms with van der Waals surface area (Å²) in [6.07, 6.45) is 5.04. The smallest absolute Gasteiger partial charge is 0.289 e. The van der Waals surface area contributed by atoms with Crippen LogP contribution in [0.3, 0.4) is 0 Å². The number of H-pyrrole nitrogens is 1. The van der Waals surface area contributed by atoms with Crippen LogP contribution in [0.1, 0.15) is 64.5 Å². The highest BCUT2D eigenvalue weighted by molar-refractivity contribution is 5.92. The van der Waals surface area contributed by atoms with Crippen LogP contribution >= 0.6 is 0 Å². The molecule has 0 saturated carbocycles. The Hall–Kier alpha value is -2.86. The van der Waals surface area contributed by atoms with Gasteiger partial charge in [-0.05, 0) is 37.6 Å². The number of carbonyl (C=O) groups excluding carboxylic acids is 1. The van der Waals surface area contributed by atoms with Crippen molar-refractivity contribution in [3.05, 3.63) is 76.8 Å². The normalized spacial score (nSPS) is 19.2. The SMILES string of the molecule is CCc1oc(C(=O)N2Cc3[nH]cnc3C(c3ccccc3)C2)cc1CN1CCCC1. The molecule has 4 heterocycles. The van der Waals surface area contributed by atoms with Gasteiger partial charge in [-0.1, -0.05) is 37.3 Å². The molecule has 30 heavy (non-hydrogen) atoms. The predicted molar refractivity (Wildman–Crippen MR) is 114 cm³/mol. The minimum atomic E-state index is -0.0430. The maximum Gasteiger partial charge on any atom is 0.289 e. The van der Waals surface area contributed by atoms with Gasteiger partial charge >= 0.3 is 0 Å². The first kappa shape index (κ1) is 19.1. The zero-order valence-corrected chi connectivity index (χ0v) is 17.4. The van der Waals surface area contributed by atoms with Crippen molar-refractivity contribution in [2.45, 2.75) is 45.2 Å². The van der Waals surface area contributed by atoms with E-state index in [0.29, 0.717) is 18.8 Å². The van der Waals surface area contributed by atoms with Crippen molar-refractivity contribution in [2.24, 2.45) is 0 Å². The first-order valence-electron chi connectivity index (χ1n) is 10.9. The van der Waals surface area contributed by atoms with Gasteiger partial charge in [-0.25, -0.2) is 4.98 Å². The molecule has 6 nitrogen and oxygen atoms in total. The van der Waals surface area contributed by atoms with Gasteiger partial charge in [0.15, 0.2) is 5.76 Å². The molecule has 0 bridgehead atoms. The molecular weight excluding hydrogens is 376 g/mol. The number of furan rings is 1. The summed E-state index contributed by atoms with van der Waals surface area (Å²) in [5, 5.41) is 0. The average Bonchev–Trinajstić information content (AvgIpc) is 3.54. The molecule has 1 amide bonds. The van der Waals surface area contributed by atoms with Gasteiger partial charge in [0, 0.05) is 31.0 Å². The molecule has 1 N–H and O–H groups in total. The molecule has 0 aliphatic carbocycles. The number of benzene rings is 1. The number of hydrogen-bond donors (Lipinski definition) is 1. The Morgan fingerprint density at radius 3 is 2.80 bits per heavy atom. The number of nitrogens with one attached hydrogen (secondary N) is 1. The zero-order valence-electron chi connectivity index (χ0n) is 17.4. The number of aromatic amines is 1. The van der Waals surface area contributed by atoms with Gasteiger partial charge in [0.2, 0.25) is 0 Å². The van der Waals surface area contributed by atoms with Crippen molar-refractivity contribution < 1.29 is 9.21 Å². The highest BCUT2D eigenvalue weighted by atomic mass is 16.4. The van der Waals surface area contributed by atoms with Gasteiger partial charge < -0.3 is 14.3 Å². The number of nitrogens with zero attached hydrogens (tertiary/aromatic N) is 3. The van der Waals surface area contributed by atoms with Crippen LogP contribution in [0.4, 0.5) is 0 Å². The second kappa shape index (κ2) is 8.11. The van der Waals surface area contributed by atoms with E-state index in [2.05, 4.69) is 33.9 Å². The van der Waals surface area contributed by atoms with Crippen LogP contribution in [0.5, 0.6) is 0 Å². The third-order valence-corrected chi connectivity index (χ3v) is 6.34. The summed E-state index contributed by atoms with van der Waals surface area (Å²) in [6, 6.07) is 12.3. The molecule has 0 radical (unpaired) electrons. The Balaban J connectivity index is 1.40.